The fourth-order valence-electron chi connectivity index (χ4n) is 2.40. The van der Waals surface area contributed by atoms with E-state index in [0.29, 0.717) is 0 Å². The third kappa shape index (κ3) is 2.20. The summed E-state index contributed by atoms with van der Waals surface area (Å²) in [7, 11) is 0. The first-order valence-corrected chi connectivity index (χ1v) is 6.23. The van der Waals surface area contributed by atoms with E-state index < -0.39 is 6.10 Å². The SMILES string of the molecule is O=C1CC(c2cc(O)ccc2O)Oc2cc(O)cc(O)c21. The molecule has 0 saturated carbocycles. The van der Waals surface area contributed by atoms with Gasteiger partial charge in [0.2, 0.25) is 0 Å². The monoisotopic (exact) mass is 288 g/mol. The molecule has 0 radical (unpaired) electrons. The van der Waals surface area contributed by atoms with Gasteiger partial charge >= 0.3 is 0 Å². The third-order valence-corrected chi connectivity index (χ3v) is 3.34. The molecule has 21 heavy (non-hydrogen) atoms. The minimum Gasteiger partial charge on any atom is -0.508 e. The van der Waals surface area contributed by atoms with Gasteiger partial charge in [0.25, 0.3) is 0 Å². The number of aromatic hydroxyl groups is 4. The van der Waals surface area contributed by atoms with E-state index in [1.165, 1.54) is 24.3 Å². The molecule has 1 aliphatic rings. The zero-order valence-corrected chi connectivity index (χ0v) is 10.8. The standard InChI is InChI=1S/C15H12O6/c16-7-1-2-10(18)9(3-7)13-6-12(20)15-11(19)4-8(17)5-14(15)21-13/h1-5,13,16-19H,6H2. The second-order valence-electron chi connectivity index (χ2n) is 4.81. The molecule has 1 aliphatic heterocycles. The Kier molecular flexibility index (Phi) is 2.86. The highest BCUT2D eigenvalue weighted by Crippen LogP contribution is 2.43. The molecule has 2 aromatic rings. The maximum atomic E-state index is 12.1. The Morgan fingerprint density at radius 2 is 1.71 bits per heavy atom. The fourth-order valence-corrected chi connectivity index (χ4v) is 2.40. The van der Waals surface area contributed by atoms with Crippen molar-refractivity contribution in [3.05, 3.63) is 41.5 Å². The zero-order chi connectivity index (χ0) is 15.1. The Hall–Kier alpha value is -2.89. The van der Waals surface area contributed by atoms with Crippen LogP contribution in [0.15, 0.2) is 30.3 Å². The topological polar surface area (TPSA) is 107 Å². The fraction of sp³-hybridized carbons (Fsp3) is 0.133. The lowest BCUT2D eigenvalue weighted by molar-refractivity contribution is 0.0841. The summed E-state index contributed by atoms with van der Waals surface area (Å²) in [5.41, 5.74) is 0.264. The van der Waals surface area contributed by atoms with Gasteiger partial charge in [0.05, 0.1) is 6.42 Å². The van der Waals surface area contributed by atoms with Gasteiger partial charge in [0, 0.05) is 17.7 Å². The van der Waals surface area contributed by atoms with Gasteiger partial charge in [-0.15, -0.1) is 0 Å². The van der Waals surface area contributed by atoms with Gasteiger partial charge in [-0.3, -0.25) is 4.79 Å². The normalized spacial score (nSPS) is 17.1. The van der Waals surface area contributed by atoms with Crippen LogP contribution in [0.1, 0.15) is 28.4 Å². The molecule has 1 heterocycles. The molecule has 0 aromatic heterocycles. The maximum Gasteiger partial charge on any atom is 0.174 e. The van der Waals surface area contributed by atoms with Gasteiger partial charge in [-0.1, -0.05) is 0 Å². The van der Waals surface area contributed by atoms with Crippen LogP contribution >= 0.6 is 0 Å². The number of carbonyl (C=O) groups excluding carboxylic acids is 1. The Morgan fingerprint density at radius 1 is 0.952 bits per heavy atom. The van der Waals surface area contributed by atoms with Gasteiger partial charge in [0.1, 0.15) is 40.4 Å². The molecule has 6 nitrogen and oxygen atoms in total. The molecular weight excluding hydrogens is 276 g/mol. The summed E-state index contributed by atoms with van der Waals surface area (Å²) in [4.78, 5) is 12.1. The van der Waals surface area contributed by atoms with Crippen molar-refractivity contribution in [1.29, 1.82) is 0 Å². The maximum absolute atomic E-state index is 12.1. The van der Waals surface area contributed by atoms with Crippen LogP contribution in [0.4, 0.5) is 0 Å². The first-order valence-electron chi connectivity index (χ1n) is 6.23. The number of benzene rings is 2. The Labute approximate surface area is 119 Å². The average Bonchev–Trinajstić information content (AvgIpc) is 2.40. The molecule has 2 aromatic carbocycles. The van der Waals surface area contributed by atoms with Gasteiger partial charge in [-0.05, 0) is 18.2 Å². The van der Waals surface area contributed by atoms with Crippen molar-refractivity contribution in [1.82, 2.24) is 0 Å². The van der Waals surface area contributed by atoms with E-state index in [4.69, 9.17) is 4.74 Å². The second-order valence-corrected chi connectivity index (χ2v) is 4.81. The summed E-state index contributed by atoms with van der Waals surface area (Å²) in [6.45, 7) is 0. The number of ether oxygens (including phenoxy) is 1. The Morgan fingerprint density at radius 3 is 2.48 bits per heavy atom. The number of fused-ring (bicyclic) bond motifs is 1. The lowest BCUT2D eigenvalue weighted by atomic mass is 9.95. The van der Waals surface area contributed by atoms with Crippen molar-refractivity contribution in [2.45, 2.75) is 12.5 Å². The molecule has 0 aliphatic carbocycles. The average molecular weight is 288 g/mol. The Bertz CT molecular complexity index is 737. The molecule has 6 heteroatoms. The number of rotatable bonds is 1. The van der Waals surface area contributed by atoms with Crippen LogP contribution in [0.3, 0.4) is 0 Å². The van der Waals surface area contributed by atoms with E-state index in [1.807, 2.05) is 0 Å². The number of hydrogen-bond acceptors (Lipinski definition) is 6. The van der Waals surface area contributed by atoms with Crippen LogP contribution in [-0.2, 0) is 0 Å². The zero-order valence-electron chi connectivity index (χ0n) is 10.8. The lowest BCUT2D eigenvalue weighted by Gasteiger charge is -2.26. The molecule has 0 bridgehead atoms. The van der Waals surface area contributed by atoms with Crippen LogP contribution in [0.25, 0.3) is 0 Å². The molecule has 3 rings (SSSR count). The number of phenolic OH excluding ortho intramolecular Hbond substituents is 4. The molecular formula is C15H12O6. The summed E-state index contributed by atoms with van der Waals surface area (Å²) >= 11 is 0. The van der Waals surface area contributed by atoms with Crippen LogP contribution in [0, 0.1) is 0 Å². The summed E-state index contributed by atoms with van der Waals surface area (Å²) in [6, 6.07) is 6.20. The highest BCUT2D eigenvalue weighted by Gasteiger charge is 2.32. The number of Topliss-reactive ketones (excluding diaryl/α,β-unsaturated/α-hetero) is 1. The minimum absolute atomic E-state index is 0.00342. The summed E-state index contributed by atoms with van der Waals surface area (Å²) in [5.74, 6) is -1.10. The van der Waals surface area contributed by atoms with E-state index in [1.54, 1.807) is 0 Å². The van der Waals surface area contributed by atoms with E-state index >= 15 is 0 Å². The lowest BCUT2D eigenvalue weighted by Crippen LogP contribution is -2.20. The van der Waals surface area contributed by atoms with Crippen molar-refractivity contribution in [2.75, 3.05) is 0 Å². The molecule has 108 valence electrons. The largest absolute Gasteiger partial charge is 0.508 e. The van der Waals surface area contributed by atoms with Crippen LogP contribution in [0.5, 0.6) is 28.7 Å². The van der Waals surface area contributed by atoms with Crippen LogP contribution < -0.4 is 4.74 Å². The predicted molar refractivity (Wildman–Crippen MR) is 71.9 cm³/mol. The molecule has 0 amide bonds. The Balaban J connectivity index is 2.06. The van der Waals surface area contributed by atoms with Gasteiger partial charge in [0.15, 0.2) is 5.78 Å². The molecule has 0 spiro atoms. The highest BCUT2D eigenvalue weighted by atomic mass is 16.5. The van der Waals surface area contributed by atoms with Crippen LogP contribution in [-0.4, -0.2) is 26.2 Å². The number of hydrogen-bond donors (Lipinski definition) is 4. The smallest absolute Gasteiger partial charge is 0.174 e. The number of carbonyl (C=O) groups is 1. The molecule has 4 N–H and O–H groups in total. The summed E-state index contributed by atoms with van der Waals surface area (Å²) in [6.07, 6.45) is -0.902. The predicted octanol–water partition coefficient (Wildman–Crippen LogP) is 2.22. The molecule has 0 saturated heterocycles. The number of phenols is 4. The van der Waals surface area contributed by atoms with E-state index in [-0.39, 0.29) is 52.1 Å². The molecule has 0 fully saturated rings. The first-order chi connectivity index (χ1) is 9.95. The summed E-state index contributed by atoms with van der Waals surface area (Å²) < 4.78 is 5.57. The minimum atomic E-state index is -0.807. The first kappa shape index (κ1) is 13.1. The number of ketones is 1. The summed E-state index contributed by atoms with van der Waals surface area (Å²) in [5, 5.41) is 38.5. The van der Waals surface area contributed by atoms with Gasteiger partial charge in [-0.25, -0.2) is 0 Å². The van der Waals surface area contributed by atoms with Crippen LogP contribution in [0.2, 0.25) is 0 Å². The van der Waals surface area contributed by atoms with E-state index in [9.17, 15) is 25.2 Å². The van der Waals surface area contributed by atoms with Gasteiger partial charge in [-0.2, -0.15) is 0 Å². The van der Waals surface area contributed by atoms with Crippen molar-refractivity contribution < 1.29 is 30.0 Å². The van der Waals surface area contributed by atoms with E-state index in [2.05, 4.69) is 0 Å². The van der Waals surface area contributed by atoms with Crippen molar-refractivity contribution >= 4 is 5.78 Å². The van der Waals surface area contributed by atoms with E-state index in [0.717, 1.165) is 6.07 Å². The van der Waals surface area contributed by atoms with Crippen molar-refractivity contribution in [3.63, 3.8) is 0 Å². The second kappa shape index (κ2) is 4.59. The van der Waals surface area contributed by atoms with Crippen molar-refractivity contribution in [2.24, 2.45) is 0 Å². The quantitative estimate of drug-likeness (QED) is 0.599. The molecule has 1 unspecified atom stereocenters. The highest BCUT2D eigenvalue weighted by molar-refractivity contribution is 6.02. The van der Waals surface area contributed by atoms with Gasteiger partial charge < -0.3 is 25.2 Å². The third-order valence-electron chi connectivity index (χ3n) is 3.34. The van der Waals surface area contributed by atoms with Crippen molar-refractivity contribution in [3.8, 4) is 28.7 Å². The molecule has 1 atom stereocenters.